The van der Waals surface area contributed by atoms with Crippen molar-refractivity contribution < 1.29 is 14.3 Å². The number of carbonyl (C=O) groups is 1. The summed E-state index contributed by atoms with van der Waals surface area (Å²) in [6.45, 7) is 13.4. The van der Waals surface area contributed by atoms with Crippen LogP contribution in [0, 0.1) is 12.8 Å². The molecule has 168 valence electrons. The van der Waals surface area contributed by atoms with E-state index >= 15 is 0 Å². The molecule has 3 heterocycles. The predicted molar refractivity (Wildman–Crippen MR) is 128 cm³/mol. The molecule has 1 saturated carbocycles. The molecule has 1 N–H and O–H groups in total. The van der Waals surface area contributed by atoms with E-state index in [1.165, 1.54) is 0 Å². The molecule has 1 aromatic heterocycles. The Labute approximate surface area is 190 Å². The van der Waals surface area contributed by atoms with Crippen molar-refractivity contribution in [2.24, 2.45) is 5.92 Å². The first-order chi connectivity index (χ1) is 14.5. The van der Waals surface area contributed by atoms with E-state index in [2.05, 4.69) is 38.8 Å². The van der Waals surface area contributed by atoms with Crippen LogP contribution >= 0.6 is 11.3 Å². The maximum Gasteiger partial charge on any atom is 0.274 e. The van der Waals surface area contributed by atoms with Crippen molar-refractivity contribution in [3.05, 3.63) is 41.0 Å². The Kier molecular flexibility index (Phi) is 5.92. The maximum absolute atomic E-state index is 13.8. The molecule has 2 aromatic rings. The van der Waals surface area contributed by atoms with Gasteiger partial charge in [-0.15, -0.1) is 11.3 Å². The Balaban J connectivity index is 1.63. The number of aliphatic hydroxyl groups is 1. The van der Waals surface area contributed by atoms with Gasteiger partial charge in [0.05, 0.1) is 28.6 Å². The van der Waals surface area contributed by atoms with Gasteiger partial charge in [-0.1, -0.05) is 51.1 Å². The number of fused-ring (bicyclic) bond motifs is 2. The van der Waals surface area contributed by atoms with E-state index in [-0.39, 0.29) is 28.9 Å². The number of nitrogens with zero attached hydrogens (tertiary/aromatic N) is 2. The molecule has 3 fully saturated rings. The molecule has 2 bridgehead atoms. The molecule has 31 heavy (non-hydrogen) atoms. The molecule has 1 aliphatic carbocycles. The lowest BCUT2D eigenvalue weighted by molar-refractivity contribution is -0.117. The van der Waals surface area contributed by atoms with Crippen LogP contribution in [0.5, 0.6) is 0 Å². The van der Waals surface area contributed by atoms with Crippen LogP contribution in [-0.2, 0) is 4.43 Å². The third-order valence-corrected chi connectivity index (χ3v) is 12.9. The number of aromatic nitrogens is 1. The van der Waals surface area contributed by atoms with Gasteiger partial charge in [0.1, 0.15) is 5.69 Å². The molecule has 0 spiro atoms. The van der Waals surface area contributed by atoms with Crippen LogP contribution in [0.2, 0.25) is 18.1 Å². The number of piperidine rings is 2. The van der Waals surface area contributed by atoms with Gasteiger partial charge in [0, 0.05) is 6.04 Å². The lowest BCUT2D eigenvalue weighted by atomic mass is 9.68. The van der Waals surface area contributed by atoms with Crippen molar-refractivity contribution in [3.8, 4) is 10.4 Å². The van der Waals surface area contributed by atoms with Crippen LogP contribution in [0.1, 0.15) is 49.1 Å². The number of rotatable bonds is 5. The highest BCUT2D eigenvalue weighted by Crippen LogP contribution is 2.45. The largest absolute Gasteiger partial charge is 0.415 e. The van der Waals surface area contributed by atoms with Crippen LogP contribution in [0.3, 0.4) is 0 Å². The Bertz CT molecular complexity index is 947. The number of amides is 1. The summed E-state index contributed by atoms with van der Waals surface area (Å²) in [7, 11) is -1.99. The van der Waals surface area contributed by atoms with Crippen LogP contribution in [0.4, 0.5) is 0 Å². The van der Waals surface area contributed by atoms with Crippen molar-refractivity contribution in [2.45, 2.75) is 76.9 Å². The van der Waals surface area contributed by atoms with Gasteiger partial charge in [-0.05, 0) is 49.4 Å². The van der Waals surface area contributed by atoms with Crippen LogP contribution in [-0.4, -0.2) is 54.0 Å². The fraction of sp³-hybridized carbons (Fsp3) is 0.583. The molecule has 1 aromatic carbocycles. The second-order valence-corrected chi connectivity index (χ2v) is 16.5. The van der Waals surface area contributed by atoms with Gasteiger partial charge in [-0.25, -0.2) is 4.98 Å². The third kappa shape index (κ3) is 4.13. The zero-order chi connectivity index (χ0) is 22.6. The molecule has 5 rings (SSSR count). The zero-order valence-electron chi connectivity index (χ0n) is 19.4. The Morgan fingerprint density at radius 2 is 1.90 bits per heavy atom. The normalized spacial score (nSPS) is 26.0. The van der Waals surface area contributed by atoms with Crippen LogP contribution in [0.25, 0.3) is 10.4 Å². The fourth-order valence-corrected chi connectivity index (χ4v) is 6.31. The van der Waals surface area contributed by atoms with E-state index < -0.39 is 14.4 Å². The summed E-state index contributed by atoms with van der Waals surface area (Å²) in [5.41, 5.74) is 1.51. The average molecular weight is 459 g/mol. The number of carbonyl (C=O) groups excluding carboxylic acids is 1. The van der Waals surface area contributed by atoms with E-state index in [1.54, 1.807) is 11.3 Å². The molecule has 2 saturated heterocycles. The first-order valence-electron chi connectivity index (χ1n) is 11.2. The summed E-state index contributed by atoms with van der Waals surface area (Å²) in [5, 5.41) is 12.0. The molecule has 3 aliphatic rings. The third-order valence-electron chi connectivity index (χ3n) is 7.41. The van der Waals surface area contributed by atoms with Crippen molar-refractivity contribution in [1.82, 2.24) is 9.88 Å². The molecule has 2 aliphatic heterocycles. The molecule has 2 atom stereocenters. The molecular weight excluding hydrogens is 424 g/mol. The fourth-order valence-electron chi connectivity index (χ4n) is 4.37. The topological polar surface area (TPSA) is 62.7 Å². The van der Waals surface area contributed by atoms with Gasteiger partial charge < -0.3 is 14.4 Å². The van der Waals surface area contributed by atoms with E-state index in [0.29, 0.717) is 12.3 Å². The monoisotopic (exact) mass is 458 g/mol. The van der Waals surface area contributed by atoms with Gasteiger partial charge in [-0.2, -0.15) is 0 Å². The van der Waals surface area contributed by atoms with Crippen molar-refractivity contribution >= 4 is 25.6 Å². The second kappa shape index (κ2) is 8.10. The summed E-state index contributed by atoms with van der Waals surface area (Å²) in [5.74, 6) is 0.196. The van der Waals surface area contributed by atoms with Crippen molar-refractivity contribution in [1.29, 1.82) is 0 Å². The summed E-state index contributed by atoms with van der Waals surface area (Å²) < 4.78 is 6.48. The lowest BCUT2D eigenvalue weighted by Crippen LogP contribution is -2.67. The predicted octanol–water partition coefficient (Wildman–Crippen LogP) is 5.10. The minimum Gasteiger partial charge on any atom is -0.415 e. The van der Waals surface area contributed by atoms with Crippen LogP contribution in [0.15, 0.2) is 30.3 Å². The molecule has 2 unspecified atom stereocenters. The smallest absolute Gasteiger partial charge is 0.274 e. The summed E-state index contributed by atoms with van der Waals surface area (Å²) >= 11 is 1.55. The van der Waals surface area contributed by atoms with Gasteiger partial charge in [0.15, 0.2) is 8.32 Å². The number of aliphatic hydroxyl groups excluding tert-OH is 1. The van der Waals surface area contributed by atoms with Crippen molar-refractivity contribution in [3.63, 3.8) is 0 Å². The number of thiazole rings is 1. The van der Waals surface area contributed by atoms with Crippen molar-refractivity contribution in [2.75, 3.05) is 6.61 Å². The number of hydrogen-bond acceptors (Lipinski definition) is 5. The van der Waals surface area contributed by atoms with Gasteiger partial charge in [0.25, 0.3) is 5.91 Å². The Morgan fingerprint density at radius 1 is 1.26 bits per heavy atom. The highest BCUT2D eigenvalue weighted by molar-refractivity contribution is 7.15. The molecule has 7 heteroatoms. The quantitative estimate of drug-likeness (QED) is 0.633. The Morgan fingerprint density at radius 3 is 2.52 bits per heavy atom. The lowest BCUT2D eigenvalue weighted by Gasteiger charge is -2.56. The minimum absolute atomic E-state index is 0.0748. The van der Waals surface area contributed by atoms with Crippen LogP contribution < -0.4 is 0 Å². The average Bonchev–Trinajstić information content (AvgIpc) is 3.06. The van der Waals surface area contributed by atoms with E-state index in [1.807, 2.05) is 42.2 Å². The standard InChI is InChI=1S/C24H34N2O3SSi/c1-15-25-20(22(30-15)16-10-8-7-9-11-16)23(28)26-18-12-17(13-18)21(27)19(26)14-29-31(5,6)24(2,3)4/h7-11,17-19,21,27H,12-14H2,1-6H3. The zero-order valence-corrected chi connectivity index (χ0v) is 21.2. The highest BCUT2D eigenvalue weighted by atomic mass is 32.1. The summed E-state index contributed by atoms with van der Waals surface area (Å²) in [4.78, 5) is 21.3. The maximum atomic E-state index is 13.8. The molecular formula is C24H34N2O3SSi. The summed E-state index contributed by atoms with van der Waals surface area (Å²) in [6, 6.07) is 9.83. The van der Waals surface area contributed by atoms with Gasteiger partial charge in [-0.3, -0.25) is 4.79 Å². The SMILES string of the molecule is Cc1nc(C(=O)N2C3CC(C3)C(O)C2CO[Si](C)(C)C(C)(C)C)c(-c2ccccc2)s1. The summed E-state index contributed by atoms with van der Waals surface area (Å²) in [6.07, 6.45) is 1.19. The number of hydrogen-bond donors (Lipinski definition) is 1. The molecule has 1 amide bonds. The first-order valence-corrected chi connectivity index (χ1v) is 14.9. The number of aryl methyl sites for hydroxylation is 1. The minimum atomic E-state index is -1.99. The first kappa shape index (κ1) is 22.6. The Hall–Kier alpha value is -1.54. The van der Waals surface area contributed by atoms with Gasteiger partial charge >= 0.3 is 0 Å². The second-order valence-electron chi connectivity index (χ2n) is 10.5. The highest BCUT2D eigenvalue weighted by Gasteiger charge is 2.53. The van der Waals surface area contributed by atoms with E-state index in [9.17, 15) is 9.90 Å². The van der Waals surface area contributed by atoms with E-state index in [0.717, 1.165) is 28.3 Å². The molecule has 0 radical (unpaired) electrons. The number of benzene rings is 1. The van der Waals surface area contributed by atoms with Gasteiger partial charge in [0.2, 0.25) is 0 Å². The van der Waals surface area contributed by atoms with E-state index in [4.69, 9.17) is 4.43 Å². The molecule has 5 nitrogen and oxygen atoms in total.